The van der Waals surface area contributed by atoms with Gasteiger partial charge in [-0.05, 0) is 34.2 Å². The van der Waals surface area contributed by atoms with Crippen LogP contribution >= 0.6 is 0 Å². The molecule has 34 heavy (non-hydrogen) atoms. The summed E-state index contributed by atoms with van der Waals surface area (Å²) in [6.45, 7) is 6.41. The number of nitrogens with two attached hydrogens (primary N) is 1. The molecule has 2 atom stereocenters. The predicted octanol–water partition coefficient (Wildman–Crippen LogP) is 2.96. The van der Waals surface area contributed by atoms with Gasteiger partial charge in [-0.1, -0.05) is 51.1 Å². The van der Waals surface area contributed by atoms with E-state index in [2.05, 4.69) is 16.7 Å². The number of hydrogen-bond acceptors (Lipinski definition) is 6. The van der Waals surface area contributed by atoms with E-state index in [0.29, 0.717) is 29.7 Å². The van der Waals surface area contributed by atoms with Crippen LogP contribution in [0.4, 0.5) is 5.69 Å². The Morgan fingerprint density at radius 1 is 1.15 bits per heavy atom. The van der Waals surface area contributed by atoms with Crippen molar-refractivity contribution in [2.24, 2.45) is 11.7 Å². The molecular formula is C26H32N4O4. The van der Waals surface area contributed by atoms with Crippen LogP contribution in [0, 0.1) is 17.2 Å². The van der Waals surface area contributed by atoms with E-state index >= 15 is 0 Å². The van der Waals surface area contributed by atoms with Crippen molar-refractivity contribution >= 4 is 23.8 Å². The number of hydrogen-bond donors (Lipinski definition) is 3. The molecule has 2 amide bonds. The van der Waals surface area contributed by atoms with Crippen molar-refractivity contribution in [3.8, 4) is 6.07 Å². The van der Waals surface area contributed by atoms with Gasteiger partial charge in [0.2, 0.25) is 5.91 Å². The van der Waals surface area contributed by atoms with E-state index in [4.69, 9.17) is 10.5 Å². The average molecular weight is 465 g/mol. The molecule has 0 heterocycles. The maximum Gasteiger partial charge on any atom is 0.251 e. The third-order valence-electron chi connectivity index (χ3n) is 5.42. The molecule has 2 aromatic carbocycles. The van der Waals surface area contributed by atoms with Crippen molar-refractivity contribution in [3.05, 3.63) is 64.7 Å². The molecule has 0 saturated carbocycles. The van der Waals surface area contributed by atoms with Gasteiger partial charge in [-0.25, -0.2) is 0 Å². The average Bonchev–Trinajstić information content (AvgIpc) is 2.80. The van der Waals surface area contributed by atoms with Crippen LogP contribution in [0.3, 0.4) is 0 Å². The van der Waals surface area contributed by atoms with E-state index in [0.717, 1.165) is 11.1 Å². The van der Waals surface area contributed by atoms with Crippen LogP contribution in [0.2, 0.25) is 0 Å². The number of carbonyl (C=O) groups excluding carboxylic acids is 3. The molecule has 2 rings (SSSR count). The lowest BCUT2D eigenvalue weighted by atomic mass is 9.84. The molecule has 4 N–H and O–H groups in total. The van der Waals surface area contributed by atoms with E-state index in [1.165, 1.54) is 0 Å². The Morgan fingerprint density at radius 3 is 2.35 bits per heavy atom. The first-order chi connectivity index (χ1) is 16.1. The largest absolute Gasteiger partial charge is 0.380 e. The molecule has 0 spiro atoms. The number of ether oxygens (including phenoxy) is 1. The summed E-state index contributed by atoms with van der Waals surface area (Å²) >= 11 is 0. The fraction of sp³-hybridized carbons (Fsp3) is 0.385. The molecule has 0 aliphatic carbocycles. The van der Waals surface area contributed by atoms with Crippen molar-refractivity contribution in [3.63, 3.8) is 0 Å². The number of rotatable bonds is 10. The van der Waals surface area contributed by atoms with E-state index in [9.17, 15) is 19.6 Å². The van der Waals surface area contributed by atoms with Gasteiger partial charge in [-0.15, -0.1) is 0 Å². The Morgan fingerprint density at radius 2 is 1.82 bits per heavy atom. The Labute approximate surface area is 200 Å². The van der Waals surface area contributed by atoms with Crippen LogP contribution in [-0.2, 0) is 31.1 Å². The second kappa shape index (κ2) is 12.1. The number of anilines is 1. The number of nitriles is 1. The summed E-state index contributed by atoms with van der Waals surface area (Å²) in [5, 5.41) is 15.1. The Kier molecular flexibility index (Phi) is 9.48. The number of carbonyl (C=O) groups is 3. The lowest BCUT2D eigenvalue weighted by Gasteiger charge is -2.23. The number of methoxy groups -OCH3 is 1. The highest BCUT2D eigenvalue weighted by Gasteiger charge is 2.27. The predicted molar refractivity (Wildman–Crippen MR) is 130 cm³/mol. The number of aldehydes is 1. The molecule has 0 radical (unpaired) electrons. The van der Waals surface area contributed by atoms with Gasteiger partial charge in [-0.3, -0.25) is 9.59 Å². The summed E-state index contributed by atoms with van der Waals surface area (Å²) < 4.78 is 5.13. The van der Waals surface area contributed by atoms with Gasteiger partial charge in [0.25, 0.3) is 5.91 Å². The van der Waals surface area contributed by atoms with E-state index in [1.54, 1.807) is 31.4 Å². The third kappa shape index (κ3) is 6.98. The van der Waals surface area contributed by atoms with Crippen LogP contribution in [0.5, 0.6) is 0 Å². The van der Waals surface area contributed by atoms with Gasteiger partial charge in [0.05, 0.1) is 24.2 Å². The Balaban J connectivity index is 2.36. The lowest BCUT2D eigenvalue weighted by Crippen LogP contribution is -2.42. The second-order valence-corrected chi connectivity index (χ2v) is 9.06. The van der Waals surface area contributed by atoms with Crippen LogP contribution in [0.1, 0.15) is 55.5 Å². The maximum absolute atomic E-state index is 13.3. The minimum atomic E-state index is -1.03. The summed E-state index contributed by atoms with van der Waals surface area (Å²) in [7, 11) is 1.59. The van der Waals surface area contributed by atoms with Crippen LogP contribution in [0.25, 0.3) is 0 Å². The Hall–Kier alpha value is -3.54. The quantitative estimate of drug-likeness (QED) is 0.463. The highest BCUT2D eigenvalue weighted by Crippen LogP contribution is 2.28. The van der Waals surface area contributed by atoms with Crippen molar-refractivity contribution in [2.45, 2.75) is 45.3 Å². The van der Waals surface area contributed by atoms with Gasteiger partial charge >= 0.3 is 0 Å². The molecule has 0 aromatic heterocycles. The zero-order valence-corrected chi connectivity index (χ0v) is 20.1. The van der Waals surface area contributed by atoms with Gasteiger partial charge in [0.15, 0.2) is 0 Å². The SMILES string of the molecule is COCc1ccc(C(NC(=O)C(CN)CC=O)C(=O)Nc2ccc(C(C)(C)C)c(C#N)c2)cc1. The standard InChI is InChI=1S/C26H32N4O4/c1-26(2,3)22-10-9-21(13-20(22)15-28)29-25(33)23(30-24(32)19(14-27)11-12-31)18-7-5-17(6-8-18)16-34-4/h5-10,12-13,19,23H,11,14,16,27H2,1-4H3,(H,29,33)(H,30,32). The zero-order valence-electron chi connectivity index (χ0n) is 20.1. The van der Waals surface area contributed by atoms with Crippen LogP contribution < -0.4 is 16.4 Å². The van der Waals surface area contributed by atoms with Crippen molar-refractivity contribution in [1.82, 2.24) is 5.32 Å². The van der Waals surface area contributed by atoms with Gasteiger partial charge in [0, 0.05) is 25.8 Å². The first-order valence-corrected chi connectivity index (χ1v) is 11.0. The fourth-order valence-electron chi connectivity index (χ4n) is 3.54. The highest BCUT2D eigenvalue weighted by molar-refractivity contribution is 5.98. The molecule has 8 nitrogen and oxygen atoms in total. The molecule has 0 aliphatic rings. The molecule has 2 aromatic rings. The van der Waals surface area contributed by atoms with Crippen molar-refractivity contribution in [1.29, 1.82) is 5.26 Å². The number of nitrogens with zero attached hydrogens (tertiary/aromatic N) is 1. The summed E-state index contributed by atoms with van der Waals surface area (Å²) in [5.41, 5.74) is 8.64. The van der Waals surface area contributed by atoms with Crippen LogP contribution in [0.15, 0.2) is 42.5 Å². The third-order valence-corrected chi connectivity index (χ3v) is 5.42. The zero-order chi connectivity index (χ0) is 25.3. The molecule has 0 aliphatic heterocycles. The van der Waals surface area contributed by atoms with Crippen LogP contribution in [-0.4, -0.2) is 31.8 Å². The minimum Gasteiger partial charge on any atom is -0.380 e. The smallest absolute Gasteiger partial charge is 0.251 e. The van der Waals surface area contributed by atoms with Gasteiger partial charge in [-0.2, -0.15) is 5.26 Å². The summed E-state index contributed by atoms with van der Waals surface area (Å²) in [4.78, 5) is 36.9. The van der Waals surface area contributed by atoms with E-state index < -0.39 is 23.8 Å². The highest BCUT2D eigenvalue weighted by atomic mass is 16.5. The lowest BCUT2D eigenvalue weighted by molar-refractivity contribution is -0.130. The molecule has 2 unspecified atom stereocenters. The summed E-state index contributed by atoms with van der Waals surface area (Å²) in [6.07, 6.45) is 0.592. The van der Waals surface area contributed by atoms with Crippen molar-refractivity contribution < 1.29 is 19.1 Å². The van der Waals surface area contributed by atoms with E-state index in [1.807, 2.05) is 39.0 Å². The minimum absolute atomic E-state index is 0.0223. The molecule has 0 bridgehead atoms. The second-order valence-electron chi connectivity index (χ2n) is 9.06. The maximum atomic E-state index is 13.3. The monoisotopic (exact) mass is 464 g/mol. The molecular weight excluding hydrogens is 432 g/mol. The topological polar surface area (TPSA) is 134 Å². The fourth-order valence-corrected chi connectivity index (χ4v) is 3.54. The normalized spacial score (nSPS) is 12.8. The number of benzene rings is 2. The molecule has 180 valence electrons. The first-order valence-electron chi connectivity index (χ1n) is 11.0. The van der Waals surface area contributed by atoms with Gasteiger partial charge < -0.3 is 25.9 Å². The Bertz CT molecular complexity index is 1050. The molecule has 0 fully saturated rings. The molecule has 0 saturated heterocycles. The van der Waals surface area contributed by atoms with Crippen molar-refractivity contribution in [2.75, 3.05) is 19.0 Å². The number of nitrogens with one attached hydrogen (secondary N) is 2. The summed E-state index contributed by atoms with van der Waals surface area (Å²) in [5.74, 6) is -1.71. The number of amides is 2. The first kappa shape index (κ1) is 26.7. The summed E-state index contributed by atoms with van der Waals surface area (Å²) in [6, 6.07) is 13.4. The van der Waals surface area contributed by atoms with E-state index in [-0.39, 0.29) is 18.4 Å². The van der Waals surface area contributed by atoms with Gasteiger partial charge in [0.1, 0.15) is 12.3 Å². The molecule has 8 heteroatoms.